The summed E-state index contributed by atoms with van der Waals surface area (Å²) in [7, 11) is 0. The minimum absolute atomic E-state index is 0.354. The second-order valence-corrected chi connectivity index (χ2v) is 28.0. The molecule has 0 N–H and O–H groups in total. The maximum atomic E-state index is 13.0. The fourth-order valence-corrected chi connectivity index (χ4v) is 13.9. The van der Waals surface area contributed by atoms with Crippen LogP contribution in [0, 0.1) is 35.5 Å². The normalized spacial score (nSPS) is 15.5. The molecule has 108 heavy (non-hydrogen) atoms. The highest BCUT2D eigenvalue weighted by molar-refractivity contribution is 5.99. The van der Waals surface area contributed by atoms with Crippen molar-refractivity contribution in [3.05, 3.63) is 239 Å². The van der Waals surface area contributed by atoms with Gasteiger partial charge in [-0.3, -0.25) is 0 Å². The molecule has 11 rings (SSSR count). The molecule has 0 bridgehead atoms. The molecule has 0 aliphatic heterocycles. The lowest BCUT2D eigenvalue weighted by Gasteiger charge is -2.29. The Labute approximate surface area is 639 Å². The number of esters is 2. The average Bonchev–Trinajstić information content (AvgIpc) is 0.789. The zero-order chi connectivity index (χ0) is 74.4. The van der Waals surface area contributed by atoms with Gasteiger partial charge in [-0.15, -0.1) is 0 Å². The monoisotopic (exact) mass is 1460 g/mol. The van der Waals surface area contributed by atoms with Crippen LogP contribution >= 0.6 is 0 Å². The van der Waals surface area contributed by atoms with Crippen molar-refractivity contribution in [1.82, 2.24) is 0 Å². The molecule has 14 heteroatoms. The van der Waals surface area contributed by atoms with E-state index in [0.717, 1.165) is 67.1 Å². The number of unbranched alkanes of at least 4 members (excludes halogenated alkanes) is 4. The van der Waals surface area contributed by atoms with Gasteiger partial charge in [-0.25, -0.2) is 9.59 Å². The third kappa shape index (κ3) is 27.0. The molecule has 566 valence electrons. The molecule has 0 spiro atoms. The Balaban J connectivity index is 0.502. The van der Waals surface area contributed by atoms with Gasteiger partial charge in [0.15, 0.2) is 0 Å². The molecule has 9 aromatic carbocycles. The zero-order valence-corrected chi connectivity index (χ0v) is 63.1. The quantitative estimate of drug-likeness (QED) is 0.0118. The van der Waals surface area contributed by atoms with Crippen LogP contribution in [-0.2, 0) is 28.4 Å². The second-order valence-electron chi connectivity index (χ2n) is 28.0. The molecule has 0 unspecified atom stereocenters. The van der Waals surface area contributed by atoms with E-state index in [2.05, 4.69) is 122 Å². The molecule has 14 nitrogen and oxygen atoms in total. The van der Waals surface area contributed by atoms with Crippen LogP contribution < -0.4 is 28.4 Å². The summed E-state index contributed by atoms with van der Waals surface area (Å²) in [5, 5.41) is 4.31. The van der Waals surface area contributed by atoms with E-state index >= 15 is 0 Å². The summed E-state index contributed by atoms with van der Waals surface area (Å²) in [6, 6.07) is 61.9. The Morgan fingerprint density at radius 2 is 0.565 bits per heavy atom. The molecule has 0 radical (unpaired) electrons. The van der Waals surface area contributed by atoms with Gasteiger partial charge in [0, 0.05) is 22.3 Å². The summed E-state index contributed by atoms with van der Waals surface area (Å²) in [6.45, 7) is 11.8. The highest BCUT2D eigenvalue weighted by atomic mass is 16.6. The number of carbonyl (C=O) groups excluding carboxylic acids is 2. The van der Waals surface area contributed by atoms with Crippen molar-refractivity contribution in [2.24, 2.45) is 11.8 Å². The lowest BCUT2D eigenvalue weighted by Crippen LogP contribution is -2.14. The van der Waals surface area contributed by atoms with Crippen molar-refractivity contribution in [2.45, 2.75) is 128 Å². The maximum Gasteiger partial charge on any atom is 0.343 e. The van der Waals surface area contributed by atoms with Crippen LogP contribution in [0.3, 0.4) is 0 Å². The van der Waals surface area contributed by atoms with Gasteiger partial charge in [0.05, 0.1) is 90.4 Å². The molecule has 0 atom stereocenters. The number of ether oxygens (including phenoxy) is 12. The van der Waals surface area contributed by atoms with Gasteiger partial charge < -0.3 is 56.8 Å². The summed E-state index contributed by atoms with van der Waals surface area (Å²) in [6.07, 6.45) is 21.6. The first kappa shape index (κ1) is 79.6. The van der Waals surface area contributed by atoms with Crippen LogP contribution in [0.5, 0.6) is 34.5 Å². The summed E-state index contributed by atoms with van der Waals surface area (Å²) >= 11 is 0. The first-order valence-electron chi connectivity index (χ1n) is 39.3. The minimum Gasteiger partial charge on any atom is -0.491 e. The van der Waals surface area contributed by atoms with E-state index in [1.807, 2.05) is 36.4 Å². The van der Waals surface area contributed by atoms with Crippen LogP contribution in [0.2, 0.25) is 0 Å². The third-order valence-corrected chi connectivity index (χ3v) is 20.1. The fourth-order valence-electron chi connectivity index (χ4n) is 13.9. The number of hydrogen-bond donors (Lipinski definition) is 0. The van der Waals surface area contributed by atoms with Gasteiger partial charge in [0.2, 0.25) is 0 Å². The van der Waals surface area contributed by atoms with Gasteiger partial charge >= 0.3 is 11.9 Å². The van der Waals surface area contributed by atoms with Crippen molar-refractivity contribution in [3.8, 4) is 58.2 Å². The largest absolute Gasteiger partial charge is 0.491 e. The number of fused-ring (bicyclic) bond motifs is 2. The van der Waals surface area contributed by atoms with Gasteiger partial charge in [-0.05, 0) is 265 Å². The summed E-state index contributed by atoms with van der Waals surface area (Å²) in [5.41, 5.74) is 7.00. The predicted octanol–water partition coefficient (Wildman–Crippen LogP) is 20.0. The summed E-state index contributed by atoms with van der Waals surface area (Å²) in [5.74, 6) is 19.1. The molecule has 0 heterocycles. The lowest BCUT2D eigenvalue weighted by atomic mass is 9.77. The van der Waals surface area contributed by atoms with Gasteiger partial charge in [-0.1, -0.05) is 125 Å². The second kappa shape index (κ2) is 44.7. The SMILES string of the molecule is CCCCCC1CCC(c2ccc(OCCOCCOCCOCCOc3ccc(C(=O)Oc4ccc(C#Cc5ccc6cc7cc(C#Cc8ccc(OC(=O)c9ccc(OCCOCCOCCOCCOc%10ccc(C%11CCC(CCCCC)CC%11)cc%10)cc9)cc8)ccc7cc6c5)cc4)cc3)cc2)CC1. The first-order valence-corrected chi connectivity index (χ1v) is 39.3. The number of rotatable bonds is 42. The van der Waals surface area contributed by atoms with Crippen LogP contribution in [-0.4, -0.2) is 118 Å². The van der Waals surface area contributed by atoms with Crippen LogP contribution in [0.25, 0.3) is 21.5 Å². The van der Waals surface area contributed by atoms with Crippen molar-refractivity contribution in [1.29, 1.82) is 0 Å². The molecule has 2 aliphatic carbocycles. The van der Waals surface area contributed by atoms with Gasteiger partial charge in [-0.2, -0.15) is 0 Å². The Morgan fingerprint density at radius 1 is 0.287 bits per heavy atom. The van der Waals surface area contributed by atoms with Crippen molar-refractivity contribution in [3.63, 3.8) is 0 Å². The summed E-state index contributed by atoms with van der Waals surface area (Å²) in [4.78, 5) is 26.0. The molecule has 0 saturated heterocycles. The topological polar surface area (TPSA) is 145 Å². The first-order chi connectivity index (χ1) is 53.2. The zero-order valence-electron chi connectivity index (χ0n) is 63.1. The summed E-state index contributed by atoms with van der Waals surface area (Å²) < 4.78 is 68.8. The van der Waals surface area contributed by atoms with Crippen LogP contribution in [0.4, 0.5) is 0 Å². The lowest BCUT2D eigenvalue weighted by molar-refractivity contribution is 0.00499. The number of hydrogen-bond acceptors (Lipinski definition) is 14. The van der Waals surface area contributed by atoms with E-state index in [1.54, 1.807) is 72.8 Å². The molecule has 2 saturated carbocycles. The molecular formula is C94H106O14. The number of carbonyl (C=O) groups is 2. The Kier molecular flexibility index (Phi) is 32.9. The van der Waals surface area contributed by atoms with Crippen LogP contribution in [0.1, 0.15) is 183 Å². The predicted molar refractivity (Wildman–Crippen MR) is 427 cm³/mol. The van der Waals surface area contributed by atoms with Gasteiger partial charge in [0.25, 0.3) is 0 Å². The standard InChI is InChI=1S/C94H106O14/c1-3-5-7-9-71-15-25-77(26-16-71)79-31-43-87(44-32-79)103-63-59-99-55-51-97-53-57-101-61-65-105-89-47-35-81(36-48-89)93(95)107-91-39-21-73(22-40-91)11-13-75-19-29-83-70-86-68-76(20-30-84(86)69-85(83)67-75)14-12-74-23-41-92(42-24-74)108-94(96)82-37-49-90(50-38-82)106-66-62-102-58-54-98-52-56-100-60-64-104-88-45-33-80(34-46-88)78-27-17-72(18-28-78)10-8-6-4-2/h19-24,29-50,67-72,77-78H,3-10,15-18,25-28,51-66H2,1-2H3. The highest BCUT2D eigenvalue weighted by Crippen LogP contribution is 2.40. The van der Waals surface area contributed by atoms with E-state index in [0.29, 0.717) is 152 Å². The van der Waals surface area contributed by atoms with Crippen molar-refractivity contribution in [2.75, 3.05) is 106 Å². The highest BCUT2D eigenvalue weighted by Gasteiger charge is 2.24. The molecule has 0 aromatic heterocycles. The van der Waals surface area contributed by atoms with E-state index in [9.17, 15) is 9.59 Å². The Morgan fingerprint density at radius 3 is 0.880 bits per heavy atom. The van der Waals surface area contributed by atoms with Gasteiger partial charge in [0.1, 0.15) is 60.9 Å². The minimum atomic E-state index is -0.475. The Bertz CT molecular complexity index is 3990. The van der Waals surface area contributed by atoms with Crippen molar-refractivity contribution < 1.29 is 66.4 Å². The van der Waals surface area contributed by atoms with E-state index < -0.39 is 11.9 Å². The molecule has 0 amide bonds. The molecular weight excluding hydrogens is 1350 g/mol. The van der Waals surface area contributed by atoms with E-state index in [-0.39, 0.29) is 0 Å². The number of benzene rings is 9. The molecule has 2 fully saturated rings. The average molecular weight is 1460 g/mol. The Hall–Kier alpha value is -9.48. The third-order valence-electron chi connectivity index (χ3n) is 20.1. The molecule has 9 aromatic rings. The smallest absolute Gasteiger partial charge is 0.343 e. The van der Waals surface area contributed by atoms with E-state index in [1.165, 1.54) is 114 Å². The van der Waals surface area contributed by atoms with Crippen LogP contribution in [0.15, 0.2) is 194 Å². The van der Waals surface area contributed by atoms with E-state index in [4.69, 9.17) is 56.8 Å². The molecule has 2 aliphatic rings. The maximum absolute atomic E-state index is 13.0. The fraction of sp³-hybridized carbons (Fsp3) is 0.404. The van der Waals surface area contributed by atoms with Crippen molar-refractivity contribution >= 4 is 33.5 Å².